The van der Waals surface area contributed by atoms with E-state index < -0.39 is 0 Å². The number of fused-ring (bicyclic) bond motifs is 2. The van der Waals surface area contributed by atoms with Gasteiger partial charge in [0.05, 0.1) is 12.2 Å². The van der Waals surface area contributed by atoms with Crippen molar-refractivity contribution >= 4 is 28.7 Å². The van der Waals surface area contributed by atoms with Crippen molar-refractivity contribution in [2.24, 2.45) is 0 Å². The number of nitrogen functional groups attached to an aromatic ring is 1. The summed E-state index contributed by atoms with van der Waals surface area (Å²) >= 11 is 0. The minimum atomic E-state index is 0.0266. The van der Waals surface area contributed by atoms with Crippen molar-refractivity contribution < 1.29 is 9.53 Å². The molecule has 2 aliphatic heterocycles. The first-order chi connectivity index (χ1) is 21.1. The zero-order valence-corrected chi connectivity index (χ0v) is 24.4. The van der Waals surface area contributed by atoms with Gasteiger partial charge in [-0.2, -0.15) is 0 Å². The van der Waals surface area contributed by atoms with Gasteiger partial charge in [0.1, 0.15) is 17.2 Å². The van der Waals surface area contributed by atoms with Gasteiger partial charge in [-0.15, -0.1) is 0 Å². The number of nitrogens with zero attached hydrogens (tertiary/aromatic N) is 6. The highest BCUT2D eigenvalue weighted by Gasteiger charge is 2.29. The van der Waals surface area contributed by atoms with Crippen molar-refractivity contribution in [3.8, 4) is 17.1 Å². The molecule has 7 rings (SSSR count). The maximum Gasteiger partial charge on any atom is 0.245 e. The van der Waals surface area contributed by atoms with Crippen LogP contribution in [0, 0.1) is 0 Å². The second kappa shape index (κ2) is 11.8. The molecule has 0 spiro atoms. The summed E-state index contributed by atoms with van der Waals surface area (Å²) in [7, 11) is 0. The van der Waals surface area contributed by atoms with Crippen LogP contribution in [-0.2, 0) is 16.0 Å². The number of imidazole rings is 1. The minimum absolute atomic E-state index is 0.0266. The van der Waals surface area contributed by atoms with Crippen LogP contribution in [0.25, 0.3) is 28.2 Å². The van der Waals surface area contributed by atoms with E-state index in [4.69, 9.17) is 20.4 Å². The predicted molar refractivity (Wildman–Crippen MR) is 168 cm³/mol. The number of ether oxygens (including phenoxy) is 1. The lowest BCUT2D eigenvalue weighted by molar-refractivity contribution is -0.127. The summed E-state index contributed by atoms with van der Waals surface area (Å²) in [6, 6.07) is 15.4. The number of aromatic nitrogens is 4. The van der Waals surface area contributed by atoms with Gasteiger partial charge in [-0.1, -0.05) is 12.6 Å². The molecule has 0 bridgehead atoms. The Hall–Kier alpha value is -4.28. The predicted octanol–water partition coefficient (Wildman–Crippen LogP) is 4.05. The maximum atomic E-state index is 12.0. The molecule has 0 saturated carbocycles. The highest BCUT2D eigenvalue weighted by Crippen LogP contribution is 2.37. The number of nitrogens with one attached hydrogen (secondary N) is 1. The van der Waals surface area contributed by atoms with Crippen molar-refractivity contribution in [1.29, 1.82) is 0 Å². The average molecular weight is 579 g/mol. The number of hydrogen-bond donors (Lipinski definition) is 2. The first kappa shape index (κ1) is 27.5. The van der Waals surface area contributed by atoms with Crippen LogP contribution in [-0.4, -0.2) is 75.8 Å². The van der Waals surface area contributed by atoms with E-state index in [0.717, 1.165) is 98.9 Å². The first-order valence-corrected chi connectivity index (χ1v) is 15.3. The fourth-order valence-electron chi connectivity index (χ4n) is 6.73. The first-order valence-electron chi connectivity index (χ1n) is 15.3. The lowest BCUT2D eigenvalue weighted by atomic mass is 10.0. The third-order valence-corrected chi connectivity index (χ3v) is 9.00. The average Bonchev–Trinajstić information content (AvgIpc) is 3.49. The van der Waals surface area contributed by atoms with Crippen LogP contribution in [0.15, 0.2) is 61.3 Å². The van der Waals surface area contributed by atoms with Gasteiger partial charge in [0.2, 0.25) is 5.91 Å². The summed E-state index contributed by atoms with van der Waals surface area (Å²) in [6.45, 7) is 8.37. The number of hydrogen-bond acceptors (Lipinski definition) is 8. The van der Waals surface area contributed by atoms with Crippen LogP contribution in [0.4, 0.5) is 11.6 Å². The Morgan fingerprint density at radius 3 is 2.77 bits per heavy atom. The van der Waals surface area contributed by atoms with Gasteiger partial charge in [-0.05, 0) is 85.7 Å². The molecule has 2 saturated heterocycles. The fourth-order valence-corrected chi connectivity index (χ4v) is 6.73. The molecule has 2 fully saturated rings. The molecule has 10 heteroatoms. The van der Waals surface area contributed by atoms with E-state index in [2.05, 4.69) is 56.7 Å². The Bertz CT molecular complexity index is 1650. The summed E-state index contributed by atoms with van der Waals surface area (Å²) in [6.07, 6.45) is 8.05. The molecule has 5 heterocycles. The number of pyridine rings is 2. The van der Waals surface area contributed by atoms with E-state index in [1.165, 1.54) is 17.2 Å². The molecule has 0 unspecified atom stereocenters. The monoisotopic (exact) mass is 578 g/mol. The third-order valence-electron chi connectivity index (χ3n) is 9.00. The standard InChI is InChI=1S/C33H38N8O2/c1-2-30(42)40-16-12-23(13-17-40)36-27-9-6-22-21-24(7-8-25(22)27)41-32(26-5-3-14-35-31(26)34)37-28-10-11-29(38-33(28)41)39-15-4-19-43-20-18-39/h2-3,5,7-8,10-11,14,21,23,27,36H,1,4,6,9,12-13,15-20H2,(H2,34,35)/t27-/m0/s1. The number of amides is 1. The summed E-state index contributed by atoms with van der Waals surface area (Å²) in [5, 5.41) is 3.89. The van der Waals surface area contributed by atoms with Gasteiger partial charge in [-0.3, -0.25) is 9.36 Å². The van der Waals surface area contributed by atoms with Crippen LogP contribution in [0.5, 0.6) is 0 Å². The largest absolute Gasteiger partial charge is 0.383 e. The molecule has 3 aliphatic rings. The van der Waals surface area contributed by atoms with Crippen LogP contribution >= 0.6 is 0 Å². The molecule has 43 heavy (non-hydrogen) atoms. The molecule has 4 aromatic rings. The molecule has 222 valence electrons. The van der Waals surface area contributed by atoms with Gasteiger partial charge in [-0.25, -0.2) is 15.0 Å². The molecule has 1 aromatic carbocycles. The molecule has 10 nitrogen and oxygen atoms in total. The van der Waals surface area contributed by atoms with Crippen molar-refractivity contribution in [2.45, 2.75) is 44.2 Å². The lowest BCUT2D eigenvalue weighted by Crippen LogP contribution is -2.45. The maximum absolute atomic E-state index is 12.0. The normalized spacial score (nSPS) is 19.4. The summed E-state index contributed by atoms with van der Waals surface area (Å²) < 4.78 is 7.82. The van der Waals surface area contributed by atoms with Gasteiger partial charge in [0.15, 0.2) is 11.5 Å². The topological polar surface area (TPSA) is 114 Å². The Morgan fingerprint density at radius 2 is 1.93 bits per heavy atom. The van der Waals surface area contributed by atoms with E-state index in [9.17, 15) is 4.79 Å². The third kappa shape index (κ3) is 5.36. The molecule has 1 amide bonds. The number of aryl methyl sites for hydroxylation is 1. The molecule has 1 aliphatic carbocycles. The van der Waals surface area contributed by atoms with Gasteiger partial charge in [0, 0.05) is 56.8 Å². The van der Waals surface area contributed by atoms with E-state index >= 15 is 0 Å². The van der Waals surface area contributed by atoms with Crippen molar-refractivity contribution in [2.75, 3.05) is 50.0 Å². The van der Waals surface area contributed by atoms with Crippen molar-refractivity contribution in [3.05, 3.63) is 72.4 Å². The Morgan fingerprint density at radius 1 is 1.05 bits per heavy atom. The fraction of sp³-hybridized carbons (Fsp3) is 0.394. The molecular formula is C33H38N8O2. The van der Waals surface area contributed by atoms with Gasteiger partial charge >= 0.3 is 0 Å². The highest BCUT2D eigenvalue weighted by atomic mass is 16.5. The molecule has 3 N–H and O–H groups in total. The second-order valence-corrected chi connectivity index (χ2v) is 11.6. The smallest absolute Gasteiger partial charge is 0.245 e. The number of carbonyl (C=O) groups excluding carboxylic acids is 1. The number of benzene rings is 1. The molecular weight excluding hydrogens is 540 g/mol. The Kier molecular flexibility index (Phi) is 7.54. The number of likely N-dealkylation sites (tertiary alicyclic amines) is 1. The van der Waals surface area contributed by atoms with Crippen LogP contribution in [0.2, 0.25) is 0 Å². The highest BCUT2D eigenvalue weighted by molar-refractivity contribution is 5.87. The summed E-state index contributed by atoms with van der Waals surface area (Å²) in [5.74, 6) is 2.13. The number of rotatable bonds is 6. The number of carbonyl (C=O) groups is 1. The van der Waals surface area contributed by atoms with E-state index in [-0.39, 0.29) is 5.91 Å². The Balaban J connectivity index is 1.22. The van der Waals surface area contributed by atoms with Crippen LogP contribution < -0.4 is 16.0 Å². The number of nitrogens with two attached hydrogens (primary N) is 1. The zero-order chi connectivity index (χ0) is 29.3. The Labute approximate surface area is 251 Å². The zero-order valence-electron chi connectivity index (χ0n) is 24.4. The van der Waals surface area contributed by atoms with Crippen molar-refractivity contribution in [1.82, 2.24) is 29.7 Å². The van der Waals surface area contributed by atoms with E-state index in [0.29, 0.717) is 24.5 Å². The minimum Gasteiger partial charge on any atom is -0.383 e. The number of anilines is 2. The van der Waals surface area contributed by atoms with E-state index in [1.807, 2.05) is 17.0 Å². The quantitative estimate of drug-likeness (QED) is 0.330. The molecule has 0 radical (unpaired) electrons. The number of piperidine rings is 1. The van der Waals surface area contributed by atoms with Crippen molar-refractivity contribution in [3.63, 3.8) is 0 Å². The second-order valence-electron chi connectivity index (χ2n) is 11.6. The van der Waals surface area contributed by atoms with E-state index in [1.54, 1.807) is 6.20 Å². The van der Waals surface area contributed by atoms with Gasteiger partial charge < -0.3 is 25.6 Å². The van der Waals surface area contributed by atoms with Crippen LogP contribution in [0.1, 0.15) is 42.9 Å². The summed E-state index contributed by atoms with van der Waals surface area (Å²) in [4.78, 5) is 30.7. The lowest BCUT2D eigenvalue weighted by Gasteiger charge is -2.33. The van der Waals surface area contributed by atoms with Crippen LogP contribution in [0.3, 0.4) is 0 Å². The molecule has 1 atom stereocenters. The SMILES string of the molecule is C=CC(=O)N1CCC(N[C@H]2CCc3cc(-n4c(-c5cccnc5N)nc5ccc(N6CCCOCC6)nc54)ccc32)CC1. The summed E-state index contributed by atoms with van der Waals surface area (Å²) in [5.41, 5.74) is 12.5. The van der Waals surface area contributed by atoms with Gasteiger partial charge in [0.25, 0.3) is 0 Å². The molecule has 3 aromatic heterocycles.